The fourth-order valence-corrected chi connectivity index (χ4v) is 1.87. The van der Waals surface area contributed by atoms with Crippen molar-refractivity contribution in [3.8, 4) is 11.5 Å². The summed E-state index contributed by atoms with van der Waals surface area (Å²) in [4.78, 5) is 0. The van der Waals surface area contributed by atoms with E-state index < -0.39 is 0 Å². The van der Waals surface area contributed by atoms with Crippen LogP contribution in [0, 0.1) is 0 Å². The van der Waals surface area contributed by atoms with Crippen molar-refractivity contribution in [2.24, 2.45) is 5.16 Å². The van der Waals surface area contributed by atoms with Crippen molar-refractivity contribution in [3.63, 3.8) is 0 Å². The highest BCUT2D eigenvalue weighted by molar-refractivity contribution is 9.10. The predicted molar refractivity (Wildman–Crippen MR) is 81.0 cm³/mol. The van der Waals surface area contributed by atoms with Crippen molar-refractivity contribution in [2.45, 2.75) is 0 Å². The summed E-state index contributed by atoms with van der Waals surface area (Å²) >= 11 is 3.37. The summed E-state index contributed by atoms with van der Waals surface area (Å²) in [6.45, 7) is 0.899. The highest BCUT2D eigenvalue weighted by Gasteiger charge is 1.97. The third kappa shape index (κ3) is 4.59. The van der Waals surface area contributed by atoms with Gasteiger partial charge in [0.25, 0.3) is 0 Å². The van der Waals surface area contributed by atoms with E-state index in [0.717, 1.165) is 15.8 Å². The van der Waals surface area contributed by atoms with Crippen molar-refractivity contribution >= 4 is 22.1 Å². The van der Waals surface area contributed by atoms with Crippen LogP contribution in [-0.2, 0) is 0 Å². The Balaban J connectivity index is 1.78. The van der Waals surface area contributed by atoms with Crippen LogP contribution in [0.2, 0.25) is 0 Å². The zero-order valence-corrected chi connectivity index (χ0v) is 12.3. The molecule has 0 spiro atoms. The summed E-state index contributed by atoms with van der Waals surface area (Å²) in [7, 11) is 0. The Morgan fingerprint density at radius 2 is 1.70 bits per heavy atom. The van der Waals surface area contributed by atoms with Crippen LogP contribution in [0.4, 0.5) is 0 Å². The first-order valence-corrected chi connectivity index (χ1v) is 6.86. The van der Waals surface area contributed by atoms with E-state index >= 15 is 0 Å². The van der Waals surface area contributed by atoms with Gasteiger partial charge >= 0.3 is 0 Å². The quantitative estimate of drug-likeness (QED) is 0.379. The van der Waals surface area contributed by atoms with Gasteiger partial charge in [-0.15, -0.1) is 0 Å². The lowest BCUT2D eigenvalue weighted by Crippen LogP contribution is -2.09. The van der Waals surface area contributed by atoms with E-state index in [1.54, 1.807) is 6.07 Å². The Labute approximate surface area is 125 Å². The highest BCUT2D eigenvalue weighted by Crippen LogP contribution is 2.16. The summed E-state index contributed by atoms with van der Waals surface area (Å²) in [5, 5.41) is 11.5. The zero-order chi connectivity index (χ0) is 14.2. The smallest absolute Gasteiger partial charge is 0.122 e. The Morgan fingerprint density at radius 3 is 2.40 bits per heavy atom. The topological polar surface area (TPSA) is 51.1 Å². The molecule has 0 aliphatic carbocycles. The molecule has 0 fully saturated rings. The molecule has 20 heavy (non-hydrogen) atoms. The summed E-state index contributed by atoms with van der Waals surface area (Å²) < 4.78 is 12.1. The zero-order valence-electron chi connectivity index (χ0n) is 10.7. The average Bonchev–Trinajstić information content (AvgIpc) is 2.46. The van der Waals surface area contributed by atoms with Crippen LogP contribution in [0.3, 0.4) is 0 Å². The molecule has 0 aliphatic rings. The van der Waals surface area contributed by atoms with Crippen LogP contribution < -0.4 is 9.47 Å². The SMILES string of the molecule is O/N=C/c1cccc(OCCOc2ccc(Br)cc2)c1. The summed E-state index contributed by atoms with van der Waals surface area (Å²) in [5.41, 5.74) is 0.777. The maximum absolute atomic E-state index is 8.48. The minimum atomic E-state index is 0.440. The molecule has 2 aromatic carbocycles. The van der Waals surface area contributed by atoms with Crippen molar-refractivity contribution in [1.82, 2.24) is 0 Å². The molecule has 0 radical (unpaired) electrons. The number of ether oxygens (including phenoxy) is 2. The minimum absolute atomic E-state index is 0.440. The molecule has 1 N–H and O–H groups in total. The molecule has 0 saturated heterocycles. The summed E-state index contributed by atoms with van der Waals surface area (Å²) in [6.07, 6.45) is 1.35. The monoisotopic (exact) mass is 335 g/mol. The van der Waals surface area contributed by atoms with Crippen LogP contribution in [0.15, 0.2) is 58.2 Å². The molecule has 5 heteroatoms. The standard InChI is InChI=1S/C15H14BrNO3/c16-13-4-6-14(7-5-13)19-8-9-20-15-3-1-2-12(10-15)11-17-18/h1-7,10-11,18H,8-9H2/b17-11+. The Kier molecular flexibility index (Phi) is 5.43. The Bertz CT molecular complexity index is 570. The largest absolute Gasteiger partial charge is 0.490 e. The first kappa shape index (κ1) is 14.4. The lowest BCUT2D eigenvalue weighted by molar-refractivity contribution is 0.217. The molecular weight excluding hydrogens is 322 g/mol. The molecule has 2 rings (SSSR count). The number of nitrogens with zero attached hydrogens (tertiary/aromatic N) is 1. The maximum atomic E-state index is 8.48. The van der Waals surface area contributed by atoms with Crippen LogP contribution in [0.1, 0.15) is 5.56 Å². The highest BCUT2D eigenvalue weighted by atomic mass is 79.9. The molecule has 0 aromatic heterocycles. The molecule has 0 saturated carbocycles. The fraction of sp³-hybridized carbons (Fsp3) is 0.133. The van der Waals surface area contributed by atoms with Crippen LogP contribution in [-0.4, -0.2) is 24.6 Å². The first-order chi connectivity index (χ1) is 9.78. The van der Waals surface area contributed by atoms with Crippen molar-refractivity contribution in [2.75, 3.05) is 13.2 Å². The molecule has 0 heterocycles. The normalized spacial score (nSPS) is 10.7. The first-order valence-electron chi connectivity index (χ1n) is 6.06. The van der Waals surface area contributed by atoms with Crippen molar-refractivity contribution in [3.05, 3.63) is 58.6 Å². The third-order valence-corrected chi connectivity index (χ3v) is 3.03. The van der Waals surface area contributed by atoms with Gasteiger partial charge in [-0.2, -0.15) is 0 Å². The second-order valence-corrected chi connectivity index (χ2v) is 4.88. The molecule has 2 aromatic rings. The average molecular weight is 336 g/mol. The van der Waals surface area contributed by atoms with Gasteiger partial charge in [-0.05, 0) is 42.0 Å². The van der Waals surface area contributed by atoms with Crippen molar-refractivity contribution in [1.29, 1.82) is 0 Å². The predicted octanol–water partition coefficient (Wildman–Crippen LogP) is 3.72. The minimum Gasteiger partial charge on any atom is -0.490 e. The number of benzene rings is 2. The van der Waals surface area contributed by atoms with E-state index in [-0.39, 0.29) is 0 Å². The van der Waals surface area contributed by atoms with E-state index in [1.165, 1.54) is 6.21 Å². The van der Waals surface area contributed by atoms with Crippen LogP contribution in [0.25, 0.3) is 0 Å². The van der Waals surface area contributed by atoms with Gasteiger partial charge in [0.1, 0.15) is 24.7 Å². The number of oxime groups is 1. The van der Waals surface area contributed by atoms with Crippen molar-refractivity contribution < 1.29 is 14.7 Å². The third-order valence-electron chi connectivity index (χ3n) is 2.50. The van der Waals surface area contributed by atoms with Gasteiger partial charge in [-0.1, -0.05) is 33.2 Å². The number of rotatable bonds is 6. The summed E-state index contributed by atoms with van der Waals surface area (Å²) in [5.74, 6) is 1.51. The van der Waals surface area contributed by atoms with Gasteiger partial charge in [0, 0.05) is 4.47 Å². The summed E-state index contributed by atoms with van der Waals surface area (Å²) in [6, 6.07) is 14.9. The number of hydrogen-bond donors (Lipinski definition) is 1. The molecular formula is C15H14BrNO3. The van der Waals surface area contributed by atoms with Gasteiger partial charge in [-0.3, -0.25) is 0 Å². The van der Waals surface area contributed by atoms with E-state index in [2.05, 4.69) is 21.1 Å². The molecule has 0 unspecified atom stereocenters. The number of halogens is 1. The van der Waals surface area contributed by atoms with Gasteiger partial charge in [0.2, 0.25) is 0 Å². The van der Waals surface area contributed by atoms with E-state index in [9.17, 15) is 0 Å². The Morgan fingerprint density at radius 1 is 1.00 bits per heavy atom. The molecule has 0 atom stereocenters. The maximum Gasteiger partial charge on any atom is 0.122 e. The molecule has 0 aliphatic heterocycles. The van der Waals surface area contributed by atoms with Crippen LogP contribution in [0.5, 0.6) is 11.5 Å². The second-order valence-electron chi connectivity index (χ2n) is 3.97. The van der Waals surface area contributed by atoms with Gasteiger partial charge in [0.15, 0.2) is 0 Å². The molecule has 0 bridgehead atoms. The van der Waals surface area contributed by atoms with E-state index in [4.69, 9.17) is 14.7 Å². The lowest BCUT2D eigenvalue weighted by Gasteiger charge is -2.08. The second kappa shape index (κ2) is 7.55. The fourth-order valence-electron chi connectivity index (χ4n) is 1.60. The molecule has 4 nitrogen and oxygen atoms in total. The van der Waals surface area contributed by atoms with Gasteiger partial charge in [0.05, 0.1) is 6.21 Å². The van der Waals surface area contributed by atoms with Gasteiger partial charge in [-0.25, -0.2) is 0 Å². The van der Waals surface area contributed by atoms with E-state index in [1.807, 2.05) is 42.5 Å². The number of hydrogen-bond acceptors (Lipinski definition) is 4. The lowest BCUT2D eigenvalue weighted by atomic mass is 10.2. The molecule has 104 valence electrons. The van der Waals surface area contributed by atoms with Gasteiger partial charge < -0.3 is 14.7 Å². The Hall–Kier alpha value is -2.01. The van der Waals surface area contributed by atoms with E-state index in [0.29, 0.717) is 19.0 Å². The van der Waals surface area contributed by atoms with Crippen LogP contribution >= 0.6 is 15.9 Å². The molecule has 0 amide bonds.